The van der Waals surface area contributed by atoms with E-state index in [4.69, 9.17) is 0 Å². The average Bonchev–Trinajstić information content (AvgIpc) is 3.65. The van der Waals surface area contributed by atoms with E-state index in [1.807, 2.05) is 20.8 Å². The van der Waals surface area contributed by atoms with Gasteiger partial charge < -0.3 is 26.2 Å². The van der Waals surface area contributed by atoms with Gasteiger partial charge in [0.1, 0.15) is 12.1 Å². The quantitative estimate of drug-likeness (QED) is 0.152. The van der Waals surface area contributed by atoms with Crippen molar-refractivity contribution in [2.75, 3.05) is 32.9 Å². The molecular weight excluding hydrogens is 612 g/mol. The molecule has 0 aromatic heterocycles. The van der Waals surface area contributed by atoms with Crippen LogP contribution < -0.4 is 21.3 Å². The number of ketones is 1. The number of carbonyl (C=O) groups excluding carboxylic acids is 5. The Morgan fingerprint density at radius 3 is 2.04 bits per heavy atom. The van der Waals surface area contributed by atoms with Crippen LogP contribution in [0.25, 0.3) is 0 Å². The van der Waals surface area contributed by atoms with Crippen molar-refractivity contribution in [3.8, 4) is 0 Å². The minimum Gasteiger partial charge on any atom is -0.346 e. The Morgan fingerprint density at radius 1 is 0.957 bits per heavy atom. The van der Waals surface area contributed by atoms with E-state index in [0.29, 0.717) is 12.8 Å². The predicted octanol–water partition coefficient (Wildman–Crippen LogP) is 1.57. The Labute approximate surface area is 274 Å². The van der Waals surface area contributed by atoms with E-state index >= 15 is 0 Å². The highest BCUT2D eigenvalue weighted by atomic mass is 32.2. The van der Waals surface area contributed by atoms with Crippen LogP contribution in [-0.4, -0.2) is 104 Å². The van der Waals surface area contributed by atoms with E-state index in [0.717, 1.165) is 23.4 Å². The number of urea groups is 1. The zero-order valence-corrected chi connectivity index (χ0v) is 29.5. The molecule has 14 heteroatoms. The molecule has 5 amide bonds. The van der Waals surface area contributed by atoms with Crippen LogP contribution in [-0.2, 0) is 29.2 Å². The lowest BCUT2D eigenvalue weighted by molar-refractivity contribution is -0.144. The minimum absolute atomic E-state index is 0.0195. The molecule has 1 heterocycles. The number of nitrogens with one attached hydrogen (secondary N) is 4. The molecule has 1 unspecified atom stereocenters. The Morgan fingerprint density at radius 2 is 1.57 bits per heavy atom. The second-order valence-corrected chi connectivity index (χ2v) is 16.7. The first-order chi connectivity index (χ1) is 21.1. The Bertz CT molecular complexity index is 1280. The highest BCUT2D eigenvalue weighted by molar-refractivity contribution is 7.88. The summed E-state index contributed by atoms with van der Waals surface area (Å²) in [6.07, 6.45) is 6.71. The number of hydrogen-bond donors (Lipinski definition) is 4. The number of amides is 5. The third-order valence-electron chi connectivity index (χ3n) is 8.57. The smallest absolute Gasteiger partial charge is 0.315 e. The second kappa shape index (κ2) is 15.6. The first-order valence-electron chi connectivity index (χ1n) is 15.8. The maximum Gasteiger partial charge on any atom is 0.315 e. The van der Waals surface area contributed by atoms with Gasteiger partial charge in [-0.15, -0.1) is 13.2 Å². The third-order valence-corrected chi connectivity index (χ3v) is 9.86. The van der Waals surface area contributed by atoms with Crippen LogP contribution in [0.1, 0.15) is 67.2 Å². The van der Waals surface area contributed by atoms with E-state index in [-0.39, 0.29) is 25.6 Å². The standard InChI is InChI=1S/C32H54N6O7S/c1-11-16-33-28(41)25(39)22(18-20-13-14-20)34-27(40)24-21(12-2)15-17-38(24)29(42)26(32(6,7)8)36-30(43)35-23(31(3,4)5)19-37(9)46(10,44)45/h11-12,20-24,26H,1-2,13-19H2,3-10H3,(H,33,41)(H,34,40)(H2,35,36,43)/t21-,22?,23+,24-,26+/m0/s1. The largest absolute Gasteiger partial charge is 0.346 e. The molecule has 0 aromatic rings. The number of likely N-dealkylation sites (tertiary alicyclic amines) is 1. The number of likely N-dealkylation sites (N-methyl/N-ethyl adjacent to an activating group) is 1. The lowest BCUT2D eigenvalue weighted by Gasteiger charge is -2.38. The van der Waals surface area contributed by atoms with Crippen LogP contribution in [0.3, 0.4) is 0 Å². The van der Waals surface area contributed by atoms with E-state index in [1.165, 1.54) is 18.0 Å². The third kappa shape index (κ3) is 10.9. The molecule has 0 aromatic carbocycles. The molecule has 1 aliphatic carbocycles. The van der Waals surface area contributed by atoms with Crippen molar-refractivity contribution in [2.45, 2.75) is 91.4 Å². The molecule has 0 spiro atoms. The second-order valence-electron chi connectivity index (χ2n) is 14.6. The summed E-state index contributed by atoms with van der Waals surface area (Å²) >= 11 is 0. The number of sulfonamides is 1. The molecule has 13 nitrogen and oxygen atoms in total. The van der Waals surface area contributed by atoms with Crippen LogP contribution in [0.4, 0.5) is 4.79 Å². The number of hydrogen-bond acceptors (Lipinski definition) is 7. The van der Waals surface area contributed by atoms with Gasteiger partial charge in [0.05, 0.1) is 12.3 Å². The normalized spacial score (nSPS) is 20.7. The van der Waals surface area contributed by atoms with Crippen LogP contribution in [0.5, 0.6) is 0 Å². The van der Waals surface area contributed by atoms with Gasteiger partial charge in [0.2, 0.25) is 27.6 Å². The molecule has 5 atom stereocenters. The maximum absolute atomic E-state index is 14.2. The fourth-order valence-corrected chi connectivity index (χ4v) is 5.73. The fraction of sp³-hybridized carbons (Fsp3) is 0.719. The Balaban J connectivity index is 2.30. The highest BCUT2D eigenvalue weighted by Gasteiger charge is 2.47. The Kier molecular flexibility index (Phi) is 13.2. The van der Waals surface area contributed by atoms with E-state index < -0.39 is 80.5 Å². The van der Waals surface area contributed by atoms with Gasteiger partial charge >= 0.3 is 6.03 Å². The molecule has 1 saturated carbocycles. The minimum atomic E-state index is -3.51. The van der Waals surface area contributed by atoms with Gasteiger partial charge in [0.25, 0.3) is 5.91 Å². The maximum atomic E-state index is 14.2. The van der Waals surface area contributed by atoms with Gasteiger partial charge in [-0.05, 0) is 29.6 Å². The first kappa shape index (κ1) is 38.9. The van der Waals surface area contributed by atoms with Crippen molar-refractivity contribution in [2.24, 2.45) is 22.7 Å². The zero-order valence-electron chi connectivity index (χ0n) is 28.6. The molecular formula is C32H54N6O7S. The molecule has 0 bridgehead atoms. The van der Waals surface area contributed by atoms with Gasteiger partial charge in [0, 0.05) is 38.6 Å². The number of carbonyl (C=O) groups is 5. The van der Waals surface area contributed by atoms with E-state index in [9.17, 15) is 32.4 Å². The molecule has 1 saturated heterocycles. The Hall–Kier alpha value is -3.26. The zero-order chi connectivity index (χ0) is 35.2. The summed E-state index contributed by atoms with van der Waals surface area (Å²) in [6, 6.07) is -4.36. The summed E-state index contributed by atoms with van der Waals surface area (Å²) in [5.41, 5.74) is -1.31. The van der Waals surface area contributed by atoms with Crippen molar-refractivity contribution in [3.05, 3.63) is 25.3 Å². The molecule has 4 N–H and O–H groups in total. The van der Waals surface area contributed by atoms with Gasteiger partial charge in [0.15, 0.2) is 0 Å². The molecule has 2 rings (SSSR count). The molecule has 46 heavy (non-hydrogen) atoms. The molecule has 1 aliphatic heterocycles. The van der Waals surface area contributed by atoms with Gasteiger partial charge in [-0.2, -0.15) is 0 Å². The van der Waals surface area contributed by atoms with Crippen molar-refractivity contribution in [3.63, 3.8) is 0 Å². The fourth-order valence-electron chi connectivity index (χ4n) is 5.31. The van der Waals surface area contributed by atoms with Crippen LogP contribution in [0.15, 0.2) is 25.3 Å². The number of Topliss-reactive ketones (excluding diaryl/α,β-unsaturated/α-hetero) is 1. The summed E-state index contributed by atoms with van der Waals surface area (Å²) in [7, 11) is -2.08. The molecule has 0 radical (unpaired) electrons. The monoisotopic (exact) mass is 666 g/mol. The van der Waals surface area contributed by atoms with E-state index in [1.54, 1.807) is 26.8 Å². The predicted molar refractivity (Wildman–Crippen MR) is 177 cm³/mol. The average molecular weight is 667 g/mol. The number of nitrogens with zero attached hydrogens (tertiary/aromatic N) is 2. The highest BCUT2D eigenvalue weighted by Crippen LogP contribution is 2.34. The molecule has 2 fully saturated rings. The van der Waals surface area contributed by atoms with Gasteiger partial charge in [-0.25, -0.2) is 17.5 Å². The van der Waals surface area contributed by atoms with E-state index in [2.05, 4.69) is 34.4 Å². The topological polar surface area (TPSA) is 174 Å². The van der Waals surface area contributed by atoms with Crippen molar-refractivity contribution < 1.29 is 32.4 Å². The summed E-state index contributed by atoms with van der Waals surface area (Å²) < 4.78 is 25.3. The van der Waals surface area contributed by atoms with Crippen molar-refractivity contribution >= 4 is 39.6 Å². The molecule has 2 aliphatic rings. The van der Waals surface area contributed by atoms with Gasteiger partial charge in [-0.3, -0.25) is 19.2 Å². The number of rotatable bonds is 15. The van der Waals surface area contributed by atoms with Gasteiger partial charge in [-0.1, -0.05) is 66.5 Å². The SMILES string of the molecule is C=CCNC(=O)C(=O)C(CC1CC1)NC(=O)[C@@H]1[C@@H](C=C)CCN1C(=O)[C@@H](NC(=O)N[C@H](CN(C)S(C)(=O)=O)C(C)(C)C)C(C)(C)C. The van der Waals surface area contributed by atoms with Crippen molar-refractivity contribution in [1.82, 2.24) is 30.5 Å². The molecule has 260 valence electrons. The van der Waals surface area contributed by atoms with Crippen LogP contribution in [0, 0.1) is 22.7 Å². The summed E-state index contributed by atoms with van der Waals surface area (Å²) in [6.45, 7) is 18.7. The van der Waals surface area contributed by atoms with Crippen LogP contribution >= 0.6 is 0 Å². The summed E-state index contributed by atoms with van der Waals surface area (Å²) in [5, 5.41) is 10.9. The summed E-state index contributed by atoms with van der Waals surface area (Å²) in [5.74, 6) is -2.82. The lowest BCUT2D eigenvalue weighted by Crippen LogP contribution is -2.62. The van der Waals surface area contributed by atoms with Crippen molar-refractivity contribution in [1.29, 1.82) is 0 Å². The first-order valence-corrected chi connectivity index (χ1v) is 17.6. The lowest BCUT2D eigenvalue weighted by atomic mass is 9.85. The van der Waals surface area contributed by atoms with Crippen LogP contribution in [0.2, 0.25) is 0 Å². The summed E-state index contributed by atoms with van der Waals surface area (Å²) in [4.78, 5) is 68.3.